The number of phenols is 1. The first-order chi connectivity index (χ1) is 13.3. The molecule has 0 fully saturated rings. The number of phenolic OH excluding ortho intramolecular Hbond substituents is 1. The molecule has 0 radical (unpaired) electrons. The van der Waals surface area contributed by atoms with Crippen molar-refractivity contribution in [2.75, 3.05) is 0 Å². The van der Waals surface area contributed by atoms with E-state index in [0.29, 0.717) is 17.7 Å². The lowest BCUT2D eigenvalue weighted by Gasteiger charge is -2.19. The van der Waals surface area contributed by atoms with Crippen molar-refractivity contribution in [1.29, 1.82) is 0 Å². The third kappa shape index (κ3) is 6.02. The molecule has 0 bridgehead atoms. The average Bonchev–Trinajstić information content (AvgIpc) is 2.62. The zero-order chi connectivity index (χ0) is 20.7. The Bertz CT molecular complexity index is 846. The molecule has 4 heteroatoms. The second-order valence-electron chi connectivity index (χ2n) is 7.07. The van der Waals surface area contributed by atoms with E-state index in [-0.39, 0.29) is 23.7 Å². The van der Waals surface area contributed by atoms with E-state index < -0.39 is 0 Å². The molecule has 0 saturated carbocycles. The number of rotatable bonds is 9. The summed E-state index contributed by atoms with van der Waals surface area (Å²) in [6.07, 6.45) is 5.75. The summed E-state index contributed by atoms with van der Waals surface area (Å²) >= 11 is 0. The van der Waals surface area contributed by atoms with E-state index in [1.807, 2.05) is 45.9 Å². The van der Waals surface area contributed by atoms with E-state index in [1.54, 1.807) is 18.2 Å². The summed E-state index contributed by atoms with van der Waals surface area (Å²) in [6, 6.07) is 10.0. The minimum Gasteiger partial charge on any atom is -0.508 e. The van der Waals surface area contributed by atoms with Crippen molar-refractivity contribution in [3.63, 3.8) is 0 Å². The van der Waals surface area contributed by atoms with Gasteiger partial charge in [0, 0.05) is 17.2 Å². The van der Waals surface area contributed by atoms with Crippen molar-refractivity contribution in [2.45, 2.75) is 46.3 Å². The molecule has 0 aliphatic rings. The first kappa shape index (κ1) is 21.3. The second kappa shape index (κ2) is 9.79. The Morgan fingerprint density at radius 1 is 1.04 bits per heavy atom. The van der Waals surface area contributed by atoms with Crippen molar-refractivity contribution >= 4 is 11.9 Å². The summed E-state index contributed by atoms with van der Waals surface area (Å²) in [5.74, 6) is 1.40. The van der Waals surface area contributed by atoms with Crippen LogP contribution < -0.4 is 9.47 Å². The predicted octanol–water partition coefficient (Wildman–Crippen LogP) is 5.59. The van der Waals surface area contributed by atoms with E-state index in [9.17, 15) is 9.90 Å². The van der Waals surface area contributed by atoms with Gasteiger partial charge in [-0.25, -0.2) is 0 Å². The molecule has 0 saturated heterocycles. The number of ether oxygens (including phenoxy) is 2. The molecule has 0 amide bonds. The highest BCUT2D eigenvalue weighted by Gasteiger charge is 2.13. The van der Waals surface area contributed by atoms with Gasteiger partial charge in [-0.05, 0) is 82.2 Å². The first-order valence-electron chi connectivity index (χ1n) is 9.42. The monoisotopic (exact) mass is 380 g/mol. The smallest absolute Gasteiger partial charge is 0.185 e. The van der Waals surface area contributed by atoms with E-state index >= 15 is 0 Å². The van der Waals surface area contributed by atoms with Crippen molar-refractivity contribution in [3.05, 3.63) is 71.8 Å². The fraction of sp³-hybridized carbons (Fsp3) is 0.292. The highest BCUT2D eigenvalue weighted by atomic mass is 16.5. The van der Waals surface area contributed by atoms with Crippen LogP contribution in [-0.2, 0) is 6.42 Å². The number of hydrogen-bond donors (Lipinski definition) is 1. The first-order valence-corrected chi connectivity index (χ1v) is 9.42. The van der Waals surface area contributed by atoms with Gasteiger partial charge in [-0.15, -0.1) is 6.58 Å². The molecule has 2 aromatic carbocycles. The summed E-state index contributed by atoms with van der Waals surface area (Å²) in [6.45, 7) is 11.7. The lowest BCUT2D eigenvalue weighted by molar-refractivity contribution is 0.104. The van der Waals surface area contributed by atoms with Gasteiger partial charge >= 0.3 is 0 Å². The van der Waals surface area contributed by atoms with Crippen LogP contribution in [0.5, 0.6) is 17.2 Å². The van der Waals surface area contributed by atoms with Gasteiger partial charge in [0.2, 0.25) is 0 Å². The molecule has 4 nitrogen and oxygen atoms in total. The standard InChI is InChI=1S/C24H28O4/c1-6-7-19-14-20(10-13-22(26)18-8-11-21(25)12-9-18)24(28-17(4)5)15-23(19)27-16(2)3/h6,8-17,25H,1,7H2,2-5H3. The predicted molar refractivity (Wildman–Crippen MR) is 113 cm³/mol. The van der Waals surface area contributed by atoms with Crippen LogP contribution >= 0.6 is 0 Å². The molecule has 1 N–H and O–H groups in total. The van der Waals surface area contributed by atoms with Gasteiger partial charge in [0.05, 0.1) is 12.2 Å². The largest absolute Gasteiger partial charge is 0.508 e. The summed E-state index contributed by atoms with van der Waals surface area (Å²) < 4.78 is 11.9. The lowest BCUT2D eigenvalue weighted by atomic mass is 10.0. The van der Waals surface area contributed by atoms with E-state index in [2.05, 4.69) is 6.58 Å². The molecular weight excluding hydrogens is 352 g/mol. The number of carbonyl (C=O) groups is 1. The van der Waals surface area contributed by atoms with Crippen LogP contribution in [0.1, 0.15) is 49.2 Å². The van der Waals surface area contributed by atoms with Gasteiger partial charge in [-0.1, -0.05) is 6.08 Å². The molecular formula is C24H28O4. The van der Waals surface area contributed by atoms with Crippen LogP contribution in [0.3, 0.4) is 0 Å². The van der Waals surface area contributed by atoms with Crippen molar-refractivity contribution in [1.82, 2.24) is 0 Å². The SMILES string of the molecule is C=CCc1cc(C=CC(=O)c2ccc(O)cc2)c(OC(C)C)cc1OC(C)C. The molecule has 0 unspecified atom stereocenters. The zero-order valence-corrected chi connectivity index (χ0v) is 16.9. The molecule has 148 valence electrons. The third-order valence-electron chi connectivity index (χ3n) is 3.85. The Hall–Kier alpha value is -3.01. The van der Waals surface area contributed by atoms with E-state index in [1.165, 1.54) is 18.2 Å². The van der Waals surface area contributed by atoms with Gasteiger partial charge < -0.3 is 14.6 Å². The molecule has 0 aliphatic heterocycles. The quantitative estimate of drug-likeness (QED) is 0.350. The normalized spacial score (nSPS) is 11.2. The van der Waals surface area contributed by atoms with Crippen molar-refractivity contribution in [3.8, 4) is 17.2 Å². The van der Waals surface area contributed by atoms with Crippen LogP contribution in [-0.4, -0.2) is 23.1 Å². The fourth-order valence-electron chi connectivity index (χ4n) is 2.68. The maximum absolute atomic E-state index is 12.4. The van der Waals surface area contributed by atoms with Crippen LogP contribution in [0.25, 0.3) is 6.08 Å². The third-order valence-corrected chi connectivity index (χ3v) is 3.85. The minimum absolute atomic E-state index is 0.0166. The molecule has 28 heavy (non-hydrogen) atoms. The van der Waals surface area contributed by atoms with Crippen molar-refractivity contribution in [2.24, 2.45) is 0 Å². The zero-order valence-electron chi connectivity index (χ0n) is 16.9. The fourth-order valence-corrected chi connectivity index (χ4v) is 2.68. The van der Waals surface area contributed by atoms with Gasteiger partial charge in [-0.3, -0.25) is 4.79 Å². The number of allylic oxidation sites excluding steroid dienone is 2. The van der Waals surface area contributed by atoms with Gasteiger partial charge in [-0.2, -0.15) is 0 Å². The van der Waals surface area contributed by atoms with Crippen LogP contribution in [0.4, 0.5) is 0 Å². The van der Waals surface area contributed by atoms with Crippen LogP contribution in [0, 0.1) is 0 Å². The minimum atomic E-state index is -0.150. The van der Waals surface area contributed by atoms with Crippen LogP contribution in [0.15, 0.2) is 55.1 Å². The molecule has 2 aromatic rings. The van der Waals surface area contributed by atoms with Crippen LogP contribution in [0.2, 0.25) is 0 Å². The van der Waals surface area contributed by atoms with Gasteiger partial charge in [0.25, 0.3) is 0 Å². The maximum atomic E-state index is 12.4. The highest BCUT2D eigenvalue weighted by Crippen LogP contribution is 2.32. The molecule has 0 aliphatic carbocycles. The number of hydrogen-bond acceptors (Lipinski definition) is 4. The lowest BCUT2D eigenvalue weighted by Crippen LogP contribution is -2.10. The molecule has 0 aromatic heterocycles. The Kier molecular flexibility index (Phi) is 7.44. The van der Waals surface area contributed by atoms with Gasteiger partial charge in [0.15, 0.2) is 5.78 Å². The van der Waals surface area contributed by atoms with E-state index in [4.69, 9.17) is 9.47 Å². The second-order valence-corrected chi connectivity index (χ2v) is 7.07. The van der Waals surface area contributed by atoms with Crippen molar-refractivity contribution < 1.29 is 19.4 Å². The molecule has 0 heterocycles. The summed E-state index contributed by atoms with van der Waals surface area (Å²) in [5.41, 5.74) is 2.29. The summed E-state index contributed by atoms with van der Waals surface area (Å²) in [4.78, 5) is 12.4. The number of aromatic hydroxyl groups is 1. The topological polar surface area (TPSA) is 55.8 Å². The van der Waals surface area contributed by atoms with Gasteiger partial charge in [0.1, 0.15) is 17.2 Å². The molecule has 0 atom stereocenters. The molecule has 0 spiro atoms. The Morgan fingerprint density at radius 2 is 1.64 bits per heavy atom. The Morgan fingerprint density at radius 3 is 2.21 bits per heavy atom. The summed E-state index contributed by atoms with van der Waals surface area (Å²) in [7, 11) is 0. The molecule has 2 rings (SSSR count). The Labute approximate surface area is 167 Å². The maximum Gasteiger partial charge on any atom is 0.185 e. The Balaban J connectivity index is 2.41. The number of carbonyl (C=O) groups excluding carboxylic acids is 1. The average molecular weight is 380 g/mol. The summed E-state index contributed by atoms with van der Waals surface area (Å²) in [5, 5.41) is 9.37. The van der Waals surface area contributed by atoms with E-state index in [0.717, 1.165) is 16.9 Å². The highest BCUT2D eigenvalue weighted by molar-refractivity contribution is 6.07. The number of benzene rings is 2. The number of ketones is 1.